The summed E-state index contributed by atoms with van der Waals surface area (Å²) >= 11 is 0. The van der Waals surface area contributed by atoms with Crippen molar-refractivity contribution in [1.82, 2.24) is 4.31 Å². The van der Waals surface area contributed by atoms with Gasteiger partial charge in [-0.25, -0.2) is 8.42 Å². The molecule has 0 heterocycles. The summed E-state index contributed by atoms with van der Waals surface area (Å²) in [6, 6.07) is 11.6. The largest absolute Gasteiger partial charge is 0.326 e. The lowest BCUT2D eigenvalue weighted by molar-refractivity contribution is -0.114. The van der Waals surface area contributed by atoms with Gasteiger partial charge >= 0.3 is 0 Å². The first kappa shape index (κ1) is 23.3. The fourth-order valence-corrected chi connectivity index (χ4v) is 4.30. The van der Waals surface area contributed by atoms with E-state index in [1.807, 2.05) is 6.92 Å². The van der Waals surface area contributed by atoms with Crippen molar-refractivity contribution in [2.75, 3.05) is 23.7 Å². The molecule has 2 amide bonds. The molecule has 0 saturated carbocycles. The van der Waals surface area contributed by atoms with Crippen LogP contribution in [-0.4, -0.2) is 37.6 Å². The second-order valence-corrected chi connectivity index (χ2v) is 8.63. The van der Waals surface area contributed by atoms with E-state index in [1.165, 1.54) is 29.4 Å². The summed E-state index contributed by atoms with van der Waals surface area (Å²) in [6.45, 7) is 7.69. The second-order valence-electron chi connectivity index (χ2n) is 6.69. The first-order chi connectivity index (χ1) is 14.2. The number of carbonyl (C=O) groups is 2. The van der Waals surface area contributed by atoms with Gasteiger partial charge in [0.2, 0.25) is 21.8 Å². The quantitative estimate of drug-likeness (QED) is 0.626. The normalized spacial score (nSPS) is 11.6. The van der Waals surface area contributed by atoms with Crippen LogP contribution in [0.5, 0.6) is 0 Å². The van der Waals surface area contributed by atoms with Crippen molar-refractivity contribution in [3.63, 3.8) is 0 Å². The van der Waals surface area contributed by atoms with Crippen molar-refractivity contribution >= 4 is 39.3 Å². The Labute approximate surface area is 177 Å². The zero-order valence-corrected chi connectivity index (χ0v) is 18.4. The molecule has 8 heteroatoms. The predicted octanol–water partition coefficient (Wildman–Crippen LogP) is 3.64. The molecule has 2 N–H and O–H groups in total. The fraction of sp³-hybridized carbons (Fsp3) is 0.273. The molecule has 0 saturated heterocycles. The molecule has 160 valence electrons. The Morgan fingerprint density at radius 2 is 1.63 bits per heavy atom. The maximum absolute atomic E-state index is 12.5. The number of nitrogens with zero attached hydrogens (tertiary/aromatic N) is 1. The van der Waals surface area contributed by atoms with Gasteiger partial charge in [0.25, 0.3) is 0 Å². The minimum atomic E-state index is -3.51. The average Bonchev–Trinajstić information content (AvgIpc) is 2.69. The van der Waals surface area contributed by atoms with Crippen LogP contribution in [0.4, 0.5) is 11.4 Å². The van der Waals surface area contributed by atoms with Crippen molar-refractivity contribution in [3.8, 4) is 0 Å². The van der Waals surface area contributed by atoms with Gasteiger partial charge in [0.15, 0.2) is 0 Å². The average molecular weight is 430 g/mol. The molecule has 0 atom stereocenters. The van der Waals surface area contributed by atoms with Gasteiger partial charge in [-0.1, -0.05) is 32.0 Å². The monoisotopic (exact) mass is 429 g/mol. The molecule has 0 bridgehead atoms. The number of benzene rings is 2. The van der Waals surface area contributed by atoms with E-state index in [-0.39, 0.29) is 16.7 Å². The Hall–Kier alpha value is -2.97. The molecule has 0 radical (unpaired) electrons. The van der Waals surface area contributed by atoms with Crippen molar-refractivity contribution in [2.24, 2.45) is 0 Å². The number of nitrogens with one attached hydrogen (secondary N) is 2. The van der Waals surface area contributed by atoms with Crippen LogP contribution < -0.4 is 10.6 Å². The molecule has 0 spiro atoms. The van der Waals surface area contributed by atoms with Crippen molar-refractivity contribution in [2.45, 2.75) is 32.6 Å². The summed E-state index contributed by atoms with van der Waals surface area (Å²) in [5.74, 6) is -0.527. The minimum Gasteiger partial charge on any atom is -0.326 e. The second kappa shape index (κ2) is 10.2. The standard InChI is InChI=1S/C22H27N3O4S/c1-5-25(6-2)30(28,29)20-12-8-18(9-13-20)10-14-22(27)24-19-11-7-16(3)21(15-19)23-17(4)26/h7-15H,5-6H2,1-4H3,(H,23,26)(H,24,27)/b14-10+. The van der Waals surface area contributed by atoms with Crippen LogP contribution in [0.3, 0.4) is 0 Å². The summed E-state index contributed by atoms with van der Waals surface area (Å²) in [6.07, 6.45) is 2.97. The Balaban J connectivity index is 2.08. The topological polar surface area (TPSA) is 95.6 Å². The van der Waals surface area contributed by atoms with Gasteiger partial charge in [-0.2, -0.15) is 4.31 Å². The van der Waals surface area contributed by atoms with Crippen LogP contribution in [0.25, 0.3) is 6.08 Å². The van der Waals surface area contributed by atoms with Crippen LogP contribution in [0, 0.1) is 6.92 Å². The van der Waals surface area contributed by atoms with Gasteiger partial charge in [0, 0.05) is 37.5 Å². The molecule has 0 aliphatic carbocycles. The maximum atomic E-state index is 12.5. The number of hydrogen-bond donors (Lipinski definition) is 2. The van der Waals surface area contributed by atoms with Crippen molar-refractivity contribution in [3.05, 3.63) is 59.7 Å². The Bertz CT molecular complexity index is 1040. The lowest BCUT2D eigenvalue weighted by Gasteiger charge is -2.18. The summed E-state index contributed by atoms with van der Waals surface area (Å²) in [5, 5.41) is 5.46. The third-order valence-corrected chi connectivity index (χ3v) is 6.53. The van der Waals surface area contributed by atoms with Gasteiger partial charge in [0.1, 0.15) is 0 Å². The molecule has 0 aliphatic rings. The van der Waals surface area contributed by atoms with Crippen LogP contribution in [0.1, 0.15) is 31.9 Å². The Kier molecular flexibility index (Phi) is 7.91. The van der Waals surface area contributed by atoms with Crippen molar-refractivity contribution < 1.29 is 18.0 Å². The summed E-state index contributed by atoms with van der Waals surface area (Å²) in [7, 11) is -3.51. The molecule has 0 aromatic heterocycles. The molecule has 30 heavy (non-hydrogen) atoms. The highest BCUT2D eigenvalue weighted by Gasteiger charge is 2.20. The summed E-state index contributed by atoms with van der Waals surface area (Å²) in [4.78, 5) is 23.7. The van der Waals surface area contributed by atoms with E-state index >= 15 is 0 Å². The van der Waals surface area contributed by atoms with Crippen molar-refractivity contribution in [1.29, 1.82) is 0 Å². The third-order valence-electron chi connectivity index (χ3n) is 4.47. The summed E-state index contributed by atoms with van der Waals surface area (Å²) < 4.78 is 26.4. The fourth-order valence-electron chi connectivity index (χ4n) is 2.84. The van der Waals surface area contributed by atoms with Crippen LogP contribution in [0.2, 0.25) is 0 Å². The van der Waals surface area contributed by atoms with E-state index in [9.17, 15) is 18.0 Å². The molecule has 0 unspecified atom stereocenters. The van der Waals surface area contributed by atoms with E-state index in [4.69, 9.17) is 0 Å². The zero-order valence-electron chi connectivity index (χ0n) is 17.6. The smallest absolute Gasteiger partial charge is 0.248 e. The molecule has 0 aliphatic heterocycles. The molecular weight excluding hydrogens is 402 g/mol. The first-order valence-corrected chi connectivity index (χ1v) is 11.1. The van der Waals surface area contributed by atoms with Crippen LogP contribution in [0.15, 0.2) is 53.4 Å². The molecule has 2 rings (SSSR count). The van der Waals surface area contributed by atoms with E-state index in [2.05, 4.69) is 10.6 Å². The number of aryl methyl sites for hydroxylation is 1. The van der Waals surface area contributed by atoms with Gasteiger partial charge in [0.05, 0.1) is 4.90 Å². The highest BCUT2D eigenvalue weighted by atomic mass is 32.2. The number of rotatable bonds is 8. The van der Waals surface area contributed by atoms with E-state index in [0.717, 1.165) is 5.56 Å². The number of hydrogen-bond acceptors (Lipinski definition) is 4. The van der Waals surface area contributed by atoms with Gasteiger partial charge in [-0.3, -0.25) is 9.59 Å². The zero-order chi connectivity index (χ0) is 22.3. The van der Waals surface area contributed by atoms with Gasteiger partial charge in [-0.15, -0.1) is 0 Å². The maximum Gasteiger partial charge on any atom is 0.248 e. The van der Waals surface area contributed by atoms with E-state index in [1.54, 1.807) is 50.3 Å². The number of sulfonamides is 1. The number of anilines is 2. The number of carbonyl (C=O) groups excluding carboxylic acids is 2. The number of amides is 2. The van der Waals surface area contributed by atoms with E-state index < -0.39 is 10.0 Å². The highest BCUT2D eigenvalue weighted by molar-refractivity contribution is 7.89. The van der Waals surface area contributed by atoms with Crippen LogP contribution >= 0.6 is 0 Å². The lowest BCUT2D eigenvalue weighted by Crippen LogP contribution is -2.30. The highest BCUT2D eigenvalue weighted by Crippen LogP contribution is 2.20. The lowest BCUT2D eigenvalue weighted by atomic mass is 10.1. The molecular formula is C22H27N3O4S. The SMILES string of the molecule is CCN(CC)S(=O)(=O)c1ccc(/C=C/C(=O)Nc2ccc(C)c(NC(C)=O)c2)cc1. The minimum absolute atomic E-state index is 0.187. The molecule has 2 aromatic carbocycles. The predicted molar refractivity (Wildman–Crippen MR) is 120 cm³/mol. The van der Waals surface area contributed by atoms with Gasteiger partial charge in [-0.05, 0) is 48.4 Å². The molecule has 2 aromatic rings. The first-order valence-electron chi connectivity index (χ1n) is 9.65. The van der Waals surface area contributed by atoms with E-state index in [0.29, 0.717) is 30.0 Å². The third kappa shape index (κ3) is 6.01. The Morgan fingerprint density at radius 1 is 1.00 bits per heavy atom. The summed E-state index contributed by atoms with van der Waals surface area (Å²) in [5.41, 5.74) is 2.78. The Morgan fingerprint density at radius 3 is 2.20 bits per heavy atom. The van der Waals surface area contributed by atoms with Crippen LogP contribution in [-0.2, 0) is 19.6 Å². The van der Waals surface area contributed by atoms with Gasteiger partial charge < -0.3 is 10.6 Å². The molecule has 7 nitrogen and oxygen atoms in total. The molecule has 0 fully saturated rings.